The molecule has 0 radical (unpaired) electrons. The molecule has 34 heavy (non-hydrogen) atoms. The van der Waals surface area contributed by atoms with Crippen LogP contribution in [-0.2, 0) is 13.5 Å². The predicted molar refractivity (Wildman–Crippen MR) is 135 cm³/mol. The Kier molecular flexibility index (Phi) is 5.64. The lowest BCUT2D eigenvalue weighted by Crippen LogP contribution is -2.05. The van der Waals surface area contributed by atoms with Crippen LogP contribution in [0.2, 0.25) is 0 Å². The lowest BCUT2D eigenvalue weighted by atomic mass is 10.00. The summed E-state index contributed by atoms with van der Waals surface area (Å²) in [6.07, 6.45) is 4.11. The van der Waals surface area contributed by atoms with Crippen molar-refractivity contribution in [2.24, 2.45) is 7.05 Å². The topological polar surface area (TPSA) is 72.7 Å². The van der Waals surface area contributed by atoms with Crippen molar-refractivity contribution in [1.82, 2.24) is 19.5 Å². The van der Waals surface area contributed by atoms with Gasteiger partial charge in [0.25, 0.3) is 0 Å². The van der Waals surface area contributed by atoms with Crippen molar-refractivity contribution in [3.05, 3.63) is 101 Å². The highest BCUT2D eigenvalue weighted by atomic mass is 16.1. The first-order valence-corrected chi connectivity index (χ1v) is 11.2. The lowest BCUT2D eigenvalue weighted by molar-refractivity contribution is 0.0993. The van der Waals surface area contributed by atoms with Gasteiger partial charge in [-0.05, 0) is 49.2 Å². The summed E-state index contributed by atoms with van der Waals surface area (Å²) in [5.41, 5.74) is 6.42. The highest BCUT2D eigenvalue weighted by molar-refractivity contribution is 5.97. The maximum atomic E-state index is 12.8. The normalized spacial score (nSPS) is 11.0. The fourth-order valence-electron chi connectivity index (χ4n) is 4.00. The Bertz CT molecular complexity index is 1500. The first kappa shape index (κ1) is 21.5. The Labute approximate surface area is 198 Å². The Balaban J connectivity index is 1.49. The minimum atomic E-state index is 0.0908. The number of hydrogen-bond donors (Lipinski definition) is 1. The van der Waals surface area contributed by atoms with Gasteiger partial charge in [0.05, 0.1) is 5.52 Å². The van der Waals surface area contributed by atoms with Gasteiger partial charge in [-0.25, -0.2) is 15.0 Å². The predicted octanol–water partition coefficient (Wildman–Crippen LogP) is 5.82. The molecular weight excluding hydrogens is 422 g/mol. The number of Topliss-reactive ketones (excluding diaryl/α,β-unsaturated/α-hetero) is 1. The molecule has 168 valence electrons. The molecule has 0 spiro atoms. The van der Waals surface area contributed by atoms with E-state index in [0.717, 1.165) is 44.7 Å². The number of rotatable bonds is 6. The zero-order valence-electron chi connectivity index (χ0n) is 19.4. The van der Waals surface area contributed by atoms with Crippen molar-refractivity contribution in [3.8, 4) is 11.4 Å². The zero-order valence-corrected chi connectivity index (χ0v) is 19.4. The number of anilines is 2. The minimum Gasteiger partial charge on any atom is -0.346 e. The third-order valence-electron chi connectivity index (χ3n) is 5.77. The molecule has 0 atom stereocenters. The number of benzene rings is 2. The van der Waals surface area contributed by atoms with Gasteiger partial charge in [-0.2, -0.15) is 0 Å². The number of aryl methyl sites for hydroxylation is 3. The van der Waals surface area contributed by atoms with Gasteiger partial charge in [-0.15, -0.1) is 0 Å². The lowest BCUT2D eigenvalue weighted by Gasteiger charge is -2.11. The average Bonchev–Trinajstić information content (AvgIpc) is 3.21. The smallest absolute Gasteiger partial charge is 0.167 e. The number of carbonyl (C=O) groups excluding carboxylic acids is 1. The van der Waals surface area contributed by atoms with Crippen LogP contribution < -0.4 is 5.32 Å². The molecule has 0 saturated carbocycles. The third kappa shape index (κ3) is 4.43. The van der Waals surface area contributed by atoms with E-state index in [9.17, 15) is 4.79 Å². The Morgan fingerprint density at radius 3 is 2.59 bits per heavy atom. The highest BCUT2D eigenvalue weighted by Gasteiger charge is 2.14. The standard InChI is InChI=1S/C28H25N5O/c1-18-6-4-8-21(14-18)24(34)16-20-7-5-9-22(15-20)27-30-23-12-13-33(3)26(23)28(32-27)31-25-11-10-19(2)17-29-25/h4-15,17H,16H2,1-3H3,(H,29,30,31,32). The van der Waals surface area contributed by atoms with E-state index in [1.807, 2.05) is 105 Å². The maximum absolute atomic E-state index is 12.8. The number of aromatic nitrogens is 4. The Hall–Kier alpha value is -4.32. The van der Waals surface area contributed by atoms with E-state index in [4.69, 9.17) is 9.97 Å². The summed E-state index contributed by atoms with van der Waals surface area (Å²) in [5.74, 6) is 2.09. The highest BCUT2D eigenvalue weighted by Crippen LogP contribution is 2.28. The second-order valence-corrected chi connectivity index (χ2v) is 8.57. The summed E-state index contributed by atoms with van der Waals surface area (Å²) in [5, 5.41) is 3.35. The van der Waals surface area contributed by atoms with Crippen molar-refractivity contribution in [2.75, 3.05) is 5.32 Å². The van der Waals surface area contributed by atoms with Crippen LogP contribution in [0.3, 0.4) is 0 Å². The van der Waals surface area contributed by atoms with Gasteiger partial charge in [0.15, 0.2) is 17.4 Å². The van der Waals surface area contributed by atoms with Gasteiger partial charge in [0.1, 0.15) is 11.3 Å². The maximum Gasteiger partial charge on any atom is 0.167 e. The summed E-state index contributed by atoms with van der Waals surface area (Å²) in [6, 6.07) is 21.5. The van der Waals surface area contributed by atoms with E-state index in [0.29, 0.717) is 18.1 Å². The Morgan fingerprint density at radius 1 is 0.941 bits per heavy atom. The molecule has 0 aliphatic carbocycles. The molecule has 6 heteroatoms. The van der Waals surface area contributed by atoms with Gasteiger partial charge in [0.2, 0.25) is 0 Å². The van der Waals surface area contributed by atoms with Crippen LogP contribution in [0, 0.1) is 13.8 Å². The molecule has 6 nitrogen and oxygen atoms in total. The van der Waals surface area contributed by atoms with E-state index in [1.54, 1.807) is 0 Å². The molecule has 5 rings (SSSR count). The summed E-state index contributed by atoms with van der Waals surface area (Å²) in [4.78, 5) is 26.9. The summed E-state index contributed by atoms with van der Waals surface area (Å²) in [6.45, 7) is 4.00. The second-order valence-electron chi connectivity index (χ2n) is 8.57. The van der Waals surface area contributed by atoms with Crippen LogP contribution in [0.4, 0.5) is 11.6 Å². The zero-order chi connectivity index (χ0) is 23.7. The first-order chi connectivity index (χ1) is 16.5. The van der Waals surface area contributed by atoms with Crippen LogP contribution in [-0.4, -0.2) is 25.3 Å². The van der Waals surface area contributed by atoms with Crippen molar-refractivity contribution >= 4 is 28.5 Å². The monoisotopic (exact) mass is 447 g/mol. The molecule has 0 saturated heterocycles. The summed E-state index contributed by atoms with van der Waals surface area (Å²) in [7, 11) is 1.97. The van der Waals surface area contributed by atoms with Crippen LogP contribution >= 0.6 is 0 Å². The van der Waals surface area contributed by atoms with Crippen LogP contribution in [0.5, 0.6) is 0 Å². The van der Waals surface area contributed by atoms with Gasteiger partial charge in [0, 0.05) is 37.0 Å². The molecule has 0 amide bonds. The molecule has 2 aromatic carbocycles. The third-order valence-corrected chi connectivity index (χ3v) is 5.77. The molecule has 3 heterocycles. The fourth-order valence-corrected chi connectivity index (χ4v) is 4.00. The SMILES string of the molecule is Cc1ccc(Nc2nc(-c3cccc(CC(=O)c4cccc(C)c4)c3)nc3ccn(C)c23)nc1. The van der Waals surface area contributed by atoms with Gasteiger partial charge < -0.3 is 9.88 Å². The molecule has 0 fully saturated rings. The van der Waals surface area contributed by atoms with E-state index in [1.165, 1.54) is 0 Å². The number of nitrogens with one attached hydrogen (secondary N) is 1. The molecular formula is C28H25N5O. The van der Waals surface area contributed by atoms with Gasteiger partial charge in [-0.1, -0.05) is 48.0 Å². The number of hydrogen-bond acceptors (Lipinski definition) is 5. The number of fused-ring (bicyclic) bond motifs is 1. The van der Waals surface area contributed by atoms with Crippen LogP contribution in [0.1, 0.15) is 27.0 Å². The largest absolute Gasteiger partial charge is 0.346 e. The van der Waals surface area contributed by atoms with E-state index in [2.05, 4.69) is 10.3 Å². The quantitative estimate of drug-likeness (QED) is 0.332. The summed E-state index contributed by atoms with van der Waals surface area (Å²) >= 11 is 0. The van der Waals surface area contributed by atoms with Crippen LogP contribution in [0.15, 0.2) is 79.1 Å². The van der Waals surface area contributed by atoms with Crippen molar-refractivity contribution in [2.45, 2.75) is 20.3 Å². The average molecular weight is 448 g/mol. The molecule has 3 aromatic heterocycles. The molecule has 0 unspecified atom stereocenters. The second kappa shape index (κ2) is 8.90. The Morgan fingerprint density at radius 2 is 1.79 bits per heavy atom. The number of carbonyl (C=O) groups is 1. The fraction of sp³-hybridized carbons (Fsp3) is 0.143. The molecule has 1 N–H and O–H groups in total. The number of nitrogens with zero attached hydrogens (tertiary/aromatic N) is 4. The van der Waals surface area contributed by atoms with Crippen molar-refractivity contribution in [1.29, 1.82) is 0 Å². The van der Waals surface area contributed by atoms with E-state index >= 15 is 0 Å². The van der Waals surface area contributed by atoms with Gasteiger partial charge >= 0.3 is 0 Å². The van der Waals surface area contributed by atoms with Crippen molar-refractivity contribution < 1.29 is 4.79 Å². The molecule has 0 bridgehead atoms. The molecule has 5 aromatic rings. The van der Waals surface area contributed by atoms with Gasteiger partial charge in [-0.3, -0.25) is 4.79 Å². The van der Waals surface area contributed by atoms with E-state index < -0.39 is 0 Å². The molecule has 0 aliphatic rings. The molecule has 0 aliphatic heterocycles. The first-order valence-electron chi connectivity index (χ1n) is 11.2. The minimum absolute atomic E-state index is 0.0908. The number of ketones is 1. The number of pyridine rings is 1. The summed E-state index contributed by atoms with van der Waals surface area (Å²) < 4.78 is 1.99. The van der Waals surface area contributed by atoms with Crippen LogP contribution in [0.25, 0.3) is 22.4 Å². The van der Waals surface area contributed by atoms with E-state index in [-0.39, 0.29) is 5.78 Å². The van der Waals surface area contributed by atoms with Crippen molar-refractivity contribution in [3.63, 3.8) is 0 Å².